The molecule has 0 bridgehead atoms. The fraction of sp³-hybridized carbons (Fsp3) is 0.265. The molecule has 46 heavy (non-hydrogen) atoms. The predicted octanol–water partition coefficient (Wildman–Crippen LogP) is 7.19. The number of hydrogen-bond donors (Lipinski definition) is 0. The van der Waals surface area contributed by atoms with Gasteiger partial charge in [-0.15, -0.1) is 0 Å². The number of rotatable bonds is 10. The number of nitrogens with zero attached hydrogens (tertiary/aromatic N) is 2. The Labute approximate surface area is 297 Å². The average molecular weight is 838 g/mol. The maximum absolute atomic E-state index is 14.3. The molecule has 0 amide bonds. The number of carbonyl (C=O) groups is 1. The Kier molecular flexibility index (Phi) is 11.0. The van der Waals surface area contributed by atoms with Crippen molar-refractivity contribution < 1.29 is 23.7 Å². The van der Waals surface area contributed by atoms with Crippen LogP contribution in [0, 0.1) is 3.57 Å². The molecular formula is C34H31BrClIN2O6S. The average Bonchev–Trinajstić information content (AvgIpc) is 3.30. The van der Waals surface area contributed by atoms with E-state index in [1.54, 1.807) is 43.7 Å². The number of esters is 1. The van der Waals surface area contributed by atoms with Crippen molar-refractivity contribution >= 4 is 73.5 Å². The molecule has 0 spiro atoms. The van der Waals surface area contributed by atoms with Crippen LogP contribution in [0.15, 0.2) is 80.1 Å². The van der Waals surface area contributed by atoms with Crippen molar-refractivity contribution in [2.75, 3.05) is 13.7 Å². The zero-order valence-electron chi connectivity index (χ0n) is 25.7. The smallest absolute Gasteiger partial charge is 0.338 e. The lowest BCUT2D eigenvalue weighted by Gasteiger charge is -2.25. The molecule has 0 fully saturated rings. The molecule has 1 atom stereocenters. The van der Waals surface area contributed by atoms with Crippen molar-refractivity contribution in [3.8, 4) is 17.2 Å². The van der Waals surface area contributed by atoms with Crippen LogP contribution in [0.4, 0.5) is 0 Å². The van der Waals surface area contributed by atoms with Gasteiger partial charge in [-0.25, -0.2) is 9.79 Å². The first-order valence-electron chi connectivity index (χ1n) is 14.4. The predicted molar refractivity (Wildman–Crippen MR) is 192 cm³/mol. The molecule has 8 nitrogen and oxygen atoms in total. The molecule has 3 aromatic carbocycles. The third-order valence-electron chi connectivity index (χ3n) is 7.00. The van der Waals surface area contributed by atoms with Gasteiger partial charge in [-0.3, -0.25) is 9.36 Å². The summed E-state index contributed by atoms with van der Waals surface area (Å²) >= 11 is 13.1. The number of allylic oxidation sites excluding steroid dienone is 1. The van der Waals surface area contributed by atoms with Crippen LogP contribution in [0.3, 0.4) is 0 Å². The zero-order chi connectivity index (χ0) is 33.1. The summed E-state index contributed by atoms with van der Waals surface area (Å²) in [6.07, 6.45) is 1.73. The summed E-state index contributed by atoms with van der Waals surface area (Å²) in [4.78, 5) is 32.8. The van der Waals surface area contributed by atoms with Crippen LogP contribution in [0.5, 0.6) is 17.2 Å². The van der Waals surface area contributed by atoms with Gasteiger partial charge in [0.1, 0.15) is 12.4 Å². The molecule has 2 heterocycles. The number of benzene rings is 3. The number of carbonyl (C=O) groups excluding carboxylic acids is 1. The molecule has 4 aromatic rings. The Bertz CT molecular complexity index is 2010. The van der Waals surface area contributed by atoms with Gasteiger partial charge in [0.05, 0.1) is 45.2 Å². The molecule has 0 N–H and O–H groups in total. The first-order valence-corrected chi connectivity index (χ1v) is 17.5. The van der Waals surface area contributed by atoms with E-state index in [0.717, 1.165) is 13.6 Å². The highest BCUT2D eigenvalue weighted by atomic mass is 127. The molecule has 0 saturated carbocycles. The van der Waals surface area contributed by atoms with Crippen LogP contribution < -0.4 is 29.1 Å². The highest BCUT2D eigenvalue weighted by Crippen LogP contribution is 2.37. The maximum atomic E-state index is 14.3. The maximum Gasteiger partial charge on any atom is 0.338 e. The monoisotopic (exact) mass is 836 g/mol. The van der Waals surface area contributed by atoms with Crippen molar-refractivity contribution in [1.29, 1.82) is 0 Å². The molecule has 240 valence electrons. The molecular weight excluding hydrogens is 807 g/mol. The molecule has 1 aliphatic heterocycles. The van der Waals surface area contributed by atoms with Crippen molar-refractivity contribution in [2.24, 2.45) is 4.99 Å². The number of ether oxygens (including phenoxy) is 4. The summed E-state index contributed by atoms with van der Waals surface area (Å²) < 4.78 is 27.0. The van der Waals surface area contributed by atoms with Gasteiger partial charge < -0.3 is 18.9 Å². The minimum atomic E-state index is -0.803. The summed E-state index contributed by atoms with van der Waals surface area (Å²) in [5.74, 6) is 1.14. The van der Waals surface area contributed by atoms with Gasteiger partial charge in [0.2, 0.25) is 0 Å². The molecule has 0 unspecified atom stereocenters. The second-order valence-corrected chi connectivity index (χ2v) is 14.1. The highest BCUT2D eigenvalue weighted by molar-refractivity contribution is 14.1. The largest absolute Gasteiger partial charge is 0.493 e. The quantitative estimate of drug-likeness (QED) is 0.124. The van der Waals surface area contributed by atoms with Gasteiger partial charge >= 0.3 is 5.97 Å². The lowest BCUT2D eigenvalue weighted by atomic mass is 9.95. The van der Waals surface area contributed by atoms with E-state index < -0.39 is 12.0 Å². The third kappa shape index (κ3) is 7.37. The Morgan fingerprint density at radius 3 is 2.57 bits per heavy atom. The number of halogens is 3. The van der Waals surface area contributed by atoms with E-state index in [0.29, 0.717) is 55.0 Å². The van der Waals surface area contributed by atoms with E-state index in [1.807, 2.05) is 56.3 Å². The van der Waals surface area contributed by atoms with Crippen molar-refractivity contribution in [2.45, 2.75) is 46.4 Å². The Balaban J connectivity index is 1.66. The summed E-state index contributed by atoms with van der Waals surface area (Å²) in [5.41, 5.74) is 2.78. The lowest BCUT2D eigenvalue weighted by molar-refractivity contribution is -0.139. The van der Waals surface area contributed by atoms with Gasteiger partial charge in [0, 0.05) is 15.1 Å². The van der Waals surface area contributed by atoms with Crippen LogP contribution in [0.1, 0.15) is 50.4 Å². The van der Waals surface area contributed by atoms with Crippen LogP contribution in [-0.4, -0.2) is 30.4 Å². The number of hydrogen-bond acceptors (Lipinski definition) is 8. The molecule has 1 aromatic heterocycles. The molecule has 12 heteroatoms. The molecule has 0 aliphatic carbocycles. The number of fused-ring (bicyclic) bond motifs is 1. The van der Waals surface area contributed by atoms with Gasteiger partial charge in [0.15, 0.2) is 16.3 Å². The van der Waals surface area contributed by atoms with E-state index in [1.165, 1.54) is 11.3 Å². The first-order chi connectivity index (χ1) is 22.0. The van der Waals surface area contributed by atoms with Crippen LogP contribution in [0.2, 0.25) is 5.02 Å². The fourth-order valence-electron chi connectivity index (χ4n) is 5.03. The Morgan fingerprint density at radius 2 is 1.89 bits per heavy atom. The number of thiazole rings is 1. The van der Waals surface area contributed by atoms with Crippen molar-refractivity contribution in [1.82, 2.24) is 4.57 Å². The Hall–Kier alpha value is -3.13. The van der Waals surface area contributed by atoms with Crippen LogP contribution in [0.25, 0.3) is 6.08 Å². The minimum Gasteiger partial charge on any atom is -0.493 e. The topological polar surface area (TPSA) is 88.4 Å². The zero-order valence-corrected chi connectivity index (χ0v) is 31.0. The van der Waals surface area contributed by atoms with E-state index in [2.05, 4.69) is 38.5 Å². The summed E-state index contributed by atoms with van der Waals surface area (Å²) in [7, 11) is 1.55. The third-order valence-corrected chi connectivity index (χ3v) is 9.50. The highest BCUT2D eigenvalue weighted by Gasteiger charge is 2.34. The van der Waals surface area contributed by atoms with E-state index >= 15 is 0 Å². The summed E-state index contributed by atoms with van der Waals surface area (Å²) in [5, 5.41) is 0.649. The molecule has 0 saturated heterocycles. The van der Waals surface area contributed by atoms with Crippen molar-refractivity contribution in [3.63, 3.8) is 0 Å². The van der Waals surface area contributed by atoms with Gasteiger partial charge in [-0.1, -0.05) is 57.1 Å². The lowest BCUT2D eigenvalue weighted by Crippen LogP contribution is -2.40. The molecule has 0 radical (unpaired) electrons. The van der Waals surface area contributed by atoms with Gasteiger partial charge in [-0.2, -0.15) is 0 Å². The Morgan fingerprint density at radius 1 is 1.15 bits per heavy atom. The van der Waals surface area contributed by atoms with Crippen LogP contribution >= 0.6 is 61.5 Å². The molecule has 1 aliphatic rings. The van der Waals surface area contributed by atoms with Gasteiger partial charge in [0.25, 0.3) is 5.56 Å². The van der Waals surface area contributed by atoms with Crippen LogP contribution in [-0.2, 0) is 16.1 Å². The van der Waals surface area contributed by atoms with Crippen molar-refractivity contribution in [3.05, 3.63) is 115 Å². The fourth-order valence-corrected chi connectivity index (χ4v) is 7.90. The second-order valence-electron chi connectivity index (χ2n) is 10.6. The van der Waals surface area contributed by atoms with E-state index in [9.17, 15) is 9.59 Å². The standard InChI is InChI=1S/C34H31BrClIN2O6S/c1-6-43-33(41)29-19(4)38-34-39(30(29)21-9-12-26(45-18(2)3)27(14-21)42-5)32(40)28(46-34)15-22-13-23(35)16-25(37)31(22)44-17-20-7-10-24(36)11-8-20/h7-16,18,30H,6,17H2,1-5H3/b28-15+/t30-/m0/s1. The van der Waals surface area contributed by atoms with E-state index in [4.69, 9.17) is 35.5 Å². The number of aromatic nitrogens is 1. The SMILES string of the molecule is CCOC(=O)C1=C(C)N=c2s/c(=C/c3cc(Br)cc(I)c3OCc3ccc(Cl)cc3)c(=O)n2[C@H]1c1ccc(OC(C)C)c(OC)c1. The second kappa shape index (κ2) is 14.7. The normalized spacial score (nSPS) is 14.6. The summed E-state index contributed by atoms with van der Waals surface area (Å²) in [6, 6.07) is 15.9. The first kappa shape index (κ1) is 34.2. The van der Waals surface area contributed by atoms with Gasteiger partial charge in [-0.05, 0) is 104 Å². The van der Waals surface area contributed by atoms with E-state index in [-0.39, 0.29) is 23.8 Å². The minimum absolute atomic E-state index is 0.0733. The number of methoxy groups -OCH3 is 1. The summed E-state index contributed by atoms with van der Waals surface area (Å²) in [6.45, 7) is 7.84. The molecule has 5 rings (SSSR count).